The van der Waals surface area contributed by atoms with Crippen molar-refractivity contribution >= 4 is 40.2 Å². The van der Waals surface area contributed by atoms with E-state index in [0.717, 1.165) is 0 Å². The van der Waals surface area contributed by atoms with Gasteiger partial charge < -0.3 is 16.2 Å². The number of anilines is 1. The van der Waals surface area contributed by atoms with Crippen molar-refractivity contribution in [2.75, 3.05) is 5.32 Å². The number of carboxylic acid groups (broad SMARTS) is 1. The summed E-state index contributed by atoms with van der Waals surface area (Å²) >= 11 is 1.86. The van der Waals surface area contributed by atoms with Crippen LogP contribution < -0.4 is 11.1 Å². The van der Waals surface area contributed by atoms with Gasteiger partial charge in [-0.1, -0.05) is 0 Å². The zero-order valence-electron chi connectivity index (χ0n) is 8.61. The lowest BCUT2D eigenvalue weighted by molar-refractivity contribution is -0.138. The SMILES string of the molecule is NC(CC(=O)O)C(=O)Nc1ccc(F)cc1I. The molecule has 92 valence electrons. The lowest BCUT2D eigenvalue weighted by Gasteiger charge is -2.11. The molecule has 0 fully saturated rings. The lowest BCUT2D eigenvalue weighted by atomic mass is 10.2. The summed E-state index contributed by atoms with van der Waals surface area (Å²) in [6.07, 6.45) is -0.455. The minimum Gasteiger partial charge on any atom is -0.481 e. The molecule has 4 N–H and O–H groups in total. The molecular formula is C10H10FIN2O3. The zero-order valence-corrected chi connectivity index (χ0v) is 10.8. The molecule has 0 saturated carbocycles. The Hall–Kier alpha value is -1.22. The monoisotopic (exact) mass is 352 g/mol. The van der Waals surface area contributed by atoms with Gasteiger partial charge in [-0.25, -0.2) is 4.39 Å². The first-order chi connectivity index (χ1) is 7.90. The number of carbonyl (C=O) groups excluding carboxylic acids is 1. The van der Waals surface area contributed by atoms with Crippen molar-refractivity contribution < 1.29 is 19.1 Å². The average molecular weight is 352 g/mol. The van der Waals surface area contributed by atoms with E-state index in [4.69, 9.17) is 10.8 Å². The second-order valence-corrected chi connectivity index (χ2v) is 4.48. The molecule has 17 heavy (non-hydrogen) atoms. The second-order valence-electron chi connectivity index (χ2n) is 3.32. The molecule has 1 aromatic rings. The van der Waals surface area contributed by atoms with Gasteiger partial charge in [-0.15, -0.1) is 0 Å². The van der Waals surface area contributed by atoms with Crippen LogP contribution in [0, 0.1) is 9.39 Å². The summed E-state index contributed by atoms with van der Waals surface area (Å²) in [6, 6.07) is 2.70. The van der Waals surface area contributed by atoms with Gasteiger partial charge in [-0.2, -0.15) is 0 Å². The number of nitrogens with two attached hydrogens (primary N) is 1. The van der Waals surface area contributed by atoms with Crippen molar-refractivity contribution in [1.82, 2.24) is 0 Å². The van der Waals surface area contributed by atoms with Crippen LogP contribution in [0.5, 0.6) is 0 Å². The van der Waals surface area contributed by atoms with Crippen LogP contribution in [0.4, 0.5) is 10.1 Å². The third-order valence-electron chi connectivity index (χ3n) is 1.92. The van der Waals surface area contributed by atoms with E-state index in [2.05, 4.69) is 5.32 Å². The molecule has 1 aromatic carbocycles. The molecule has 1 unspecified atom stereocenters. The highest BCUT2D eigenvalue weighted by atomic mass is 127. The number of amides is 1. The third-order valence-corrected chi connectivity index (χ3v) is 2.81. The van der Waals surface area contributed by atoms with E-state index in [1.807, 2.05) is 22.6 Å². The van der Waals surface area contributed by atoms with E-state index in [1.165, 1.54) is 18.2 Å². The average Bonchev–Trinajstić information content (AvgIpc) is 2.21. The van der Waals surface area contributed by atoms with Crippen molar-refractivity contribution in [1.29, 1.82) is 0 Å². The Balaban J connectivity index is 2.71. The number of aliphatic carboxylic acids is 1. The fourth-order valence-corrected chi connectivity index (χ4v) is 1.71. The Morgan fingerprint density at radius 2 is 2.18 bits per heavy atom. The van der Waals surface area contributed by atoms with Crippen LogP contribution >= 0.6 is 22.6 Å². The first-order valence-electron chi connectivity index (χ1n) is 4.63. The highest BCUT2D eigenvalue weighted by molar-refractivity contribution is 14.1. The number of hydrogen-bond acceptors (Lipinski definition) is 3. The lowest BCUT2D eigenvalue weighted by Crippen LogP contribution is -2.37. The first kappa shape index (κ1) is 13.8. The van der Waals surface area contributed by atoms with Crippen LogP contribution in [-0.2, 0) is 9.59 Å². The molecule has 1 rings (SSSR count). The van der Waals surface area contributed by atoms with Gasteiger partial charge in [-0.3, -0.25) is 9.59 Å². The molecule has 5 nitrogen and oxygen atoms in total. The van der Waals surface area contributed by atoms with E-state index >= 15 is 0 Å². The first-order valence-corrected chi connectivity index (χ1v) is 5.71. The Morgan fingerprint density at radius 1 is 1.53 bits per heavy atom. The molecule has 0 aliphatic rings. The molecule has 0 spiro atoms. The van der Waals surface area contributed by atoms with E-state index in [-0.39, 0.29) is 0 Å². The minimum atomic E-state index is -1.15. The topological polar surface area (TPSA) is 92.4 Å². The summed E-state index contributed by atoms with van der Waals surface area (Å²) in [5, 5.41) is 10.9. The number of benzene rings is 1. The van der Waals surface area contributed by atoms with Crippen molar-refractivity contribution in [2.45, 2.75) is 12.5 Å². The van der Waals surface area contributed by atoms with Crippen LogP contribution in [0.3, 0.4) is 0 Å². The fourth-order valence-electron chi connectivity index (χ4n) is 1.10. The standard InChI is InChI=1S/C10H10FIN2O3/c11-5-1-2-8(6(12)3-5)14-10(17)7(13)4-9(15)16/h1-3,7H,4,13H2,(H,14,17)(H,15,16). The normalized spacial score (nSPS) is 11.9. The van der Waals surface area contributed by atoms with Gasteiger partial charge in [-0.05, 0) is 40.8 Å². The van der Waals surface area contributed by atoms with Crippen LogP contribution in [0.2, 0.25) is 0 Å². The Labute approximate surface area is 110 Å². The van der Waals surface area contributed by atoms with Gasteiger partial charge >= 0.3 is 5.97 Å². The molecular weight excluding hydrogens is 342 g/mol. The van der Waals surface area contributed by atoms with Crippen LogP contribution in [0.1, 0.15) is 6.42 Å². The van der Waals surface area contributed by atoms with E-state index in [1.54, 1.807) is 0 Å². The summed E-state index contributed by atoms with van der Waals surface area (Å²) in [7, 11) is 0. The predicted octanol–water partition coefficient (Wildman–Crippen LogP) is 1.17. The van der Waals surface area contributed by atoms with Gasteiger partial charge in [0.15, 0.2) is 0 Å². The predicted molar refractivity (Wildman–Crippen MR) is 68.0 cm³/mol. The molecule has 0 aromatic heterocycles. The van der Waals surface area contributed by atoms with Gasteiger partial charge in [0.05, 0.1) is 18.2 Å². The van der Waals surface area contributed by atoms with Crippen molar-refractivity contribution in [2.24, 2.45) is 5.73 Å². The van der Waals surface area contributed by atoms with Crippen molar-refractivity contribution in [3.05, 3.63) is 27.6 Å². The maximum atomic E-state index is 12.8. The Bertz CT molecular complexity index is 453. The third kappa shape index (κ3) is 4.27. The molecule has 0 radical (unpaired) electrons. The molecule has 7 heteroatoms. The largest absolute Gasteiger partial charge is 0.481 e. The van der Waals surface area contributed by atoms with Crippen molar-refractivity contribution in [3.8, 4) is 0 Å². The summed E-state index contributed by atoms with van der Waals surface area (Å²) in [6.45, 7) is 0. The van der Waals surface area contributed by atoms with Gasteiger partial charge in [0.2, 0.25) is 5.91 Å². The summed E-state index contributed by atoms with van der Waals surface area (Å²) < 4.78 is 13.3. The summed E-state index contributed by atoms with van der Waals surface area (Å²) in [5.74, 6) is -2.18. The number of carboxylic acids is 1. The van der Waals surface area contributed by atoms with Crippen molar-refractivity contribution in [3.63, 3.8) is 0 Å². The van der Waals surface area contributed by atoms with Crippen LogP contribution in [0.25, 0.3) is 0 Å². The number of carbonyl (C=O) groups is 2. The fraction of sp³-hybridized carbons (Fsp3) is 0.200. The second kappa shape index (κ2) is 5.92. The molecule has 0 aliphatic heterocycles. The molecule has 0 bridgehead atoms. The van der Waals surface area contributed by atoms with Gasteiger partial charge in [0, 0.05) is 3.57 Å². The van der Waals surface area contributed by atoms with Crippen LogP contribution in [0.15, 0.2) is 18.2 Å². The summed E-state index contributed by atoms with van der Waals surface area (Å²) in [4.78, 5) is 21.9. The summed E-state index contributed by atoms with van der Waals surface area (Å²) in [5.41, 5.74) is 5.78. The maximum absolute atomic E-state index is 12.8. The Morgan fingerprint density at radius 3 is 2.71 bits per heavy atom. The zero-order chi connectivity index (χ0) is 13.0. The van der Waals surface area contributed by atoms with E-state index in [9.17, 15) is 14.0 Å². The number of rotatable bonds is 4. The smallest absolute Gasteiger partial charge is 0.305 e. The number of nitrogens with one attached hydrogen (secondary N) is 1. The van der Waals surface area contributed by atoms with E-state index in [0.29, 0.717) is 9.26 Å². The Kier molecular flexibility index (Phi) is 4.82. The number of halogens is 2. The molecule has 0 aliphatic carbocycles. The highest BCUT2D eigenvalue weighted by Crippen LogP contribution is 2.19. The van der Waals surface area contributed by atoms with E-state index < -0.39 is 30.2 Å². The number of hydrogen-bond donors (Lipinski definition) is 3. The van der Waals surface area contributed by atoms with Crippen LogP contribution in [-0.4, -0.2) is 23.0 Å². The molecule has 1 atom stereocenters. The quantitative estimate of drug-likeness (QED) is 0.710. The maximum Gasteiger partial charge on any atom is 0.305 e. The minimum absolute atomic E-state index is 0.401. The van der Waals surface area contributed by atoms with Gasteiger partial charge in [0.25, 0.3) is 0 Å². The molecule has 0 saturated heterocycles. The highest BCUT2D eigenvalue weighted by Gasteiger charge is 2.17. The van der Waals surface area contributed by atoms with Gasteiger partial charge in [0.1, 0.15) is 5.82 Å². The molecule has 0 heterocycles. The molecule has 1 amide bonds.